The third kappa shape index (κ3) is 6.19. The molecular formula is C22H28F4N2O2. The Balaban J connectivity index is 1.47. The van der Waals surface area contributed by atoms with Gasteiger partial charge >= 0.3 is 6.18 Å². The number of rotatable bonds is 5. The minimum absolute atomic E-state index is 0.00966. The minimum atomic E-state index is -4.61. The van der Waals surface area contributed by atoms with Crippen LogP contribution in [0.15, 0.2) is 18.2 Å². The zero-order chi connectivity index (χ0) is 21.7. The average molecular weight is 428 g/mol. The van der Waals surface area contributed by atoms with Gasteiger partial charge in [-0.3, -0.25) is 9.59 Å². The molecular weight excluding hydrogens is 400 g/mol. The lowest BCUT2D eigenvalue weighted by molar-refractivity contribution is -0.137. The number of nitrogens with one attached hydrogen (secondary N) is 2. The second-order valence-corrected chi connectivity index (χ2v) is 8.51. The summed E-state index contributed by atoms with van der Waals surface area (Å²) >= 11 is 0. The molecule has 1 aromatic rings. The summed E-state index contributed by atoms with van der Waals surface area (Å²) in [6.45, 7) is 0. The second-order valence-electron chi connectivity index (χ2n) is 8.51. The van der Waals surface area contributed by atoms with Crippen molar-refractivity contribution in [3.63, 3.8) is 0 Å². The molecule has 0 unspecified atom stereocenters. The predicted octanol–water partition coefficient (Wildman–Crippen LogP) is 5.43. The van der Waals surface area contributed by atoms with Gasteiger partial charge in [0.05, 0.1) is 11.3 Å². The van der Waals surface area contributed by atoms with Crippen LogP contribution in [0.3, 0.4) is 0 Å². The molecule has 0 spiro atoms. The normalized spacial score (nSPS) is 23.1. The maximum atomic E-state index is 13.9. The van der Waals surface area contributed by atoms with Gasteiger partial charge in [0.15, 0.2) is 0 Å². The van der Waals surface area contributed by atoms with E-state index in [1.54, 1.807) is 0 Å². The van der Waals surface area contributed by atoms with Crippen molar-refractivity contribution >= 4 is 17.5 Å². The van der Waals surface area contributed by atoms with Crippen molar-refractivity contribution in [2.75, 3.05) is 5.32 Å². The zero-order valence-corrected chi connectivity index (χ0v) is 16.9. The summed E-state index contributed by atoms with van der Waals surface area (Å²) in [6.07, 6.45) is 4.01. The highest BCUT2D eigenvalue weighted by Crippen LogP contribution is 2.33. The van der Waals surface area contributed by atoms with Crippen molar-refractivity contribution in [2.24, 2.45) is 11.8 Å². The molecule has 30 heavy (non-hydrogen) atoms. The molecule has 3 rings (SSSR count). The zero-order valence-electron chi connectivity index (χ0n) is 16.9. The molecule has 0 radical (unpaired) electrons. The predicted molar refractivity (Wildman–Crippen MR) is 105 cm³/mol. The standard InChI is InChI=1S/C22H28F4N2O2/c23-18-11-8-16(22(24,25)26)13-19(18)28-21(30)15-6-9-17(10-7-15)27-20(29)12-14-4-2-1-3-5-14/h8,11,13-15,17H,1-7,9-10,12H2,(H,27,29)(H,28,30). The maximum absolute atomic E-state index is 13.9. The molecule has 2 saturated carbocycles. The van der Waals surface area contributed by atoms with Crippen LogP contribution in [0.4, 0.5) is 23.2 Å². The Hall–Kier alpha value is -2.12. The van der Waals surface area contributed by atoms with Gasteiger partial charge in [-0.25, -0.2) is 4.39 Å². The average Bonchev–Trinajstić information content (AvgIpc) is 2.70. The molecule has 2 aliphatic rings. The van der Waals surface area contributed by atoms with E-state index in [2.05, 4.69) is 10.6 Å². The fourth-order valence-electron chi connectivity index (χ4n) is 4.47. The van der Waals surface area contributed by atoms with Crippen LogP contribution in [0, 0.1) is 17.7 Å². The lowest BCUT2D eigenvalue weighted by Crippen LogP contribution is -2.40. The molecule has 8 heteroatoms. The van der Waals surface area contributed by atoms with Gasteiger partial charge in [-0.05, 0) is 62.6 Å². The summed E-state index contributed by atoms with van der Waals surface area (Å²) in [5.74, 6) is -1.28. The van der Waals surface area contributed by atoms with Crippen LogP contribution >= 0.6 is 0 Å². The SMILES string of the molecule is O=C(CC1CCCCC1)NC1CCC(C(=O)Nc2cc(C(F)(F)F)ccc2F)CC1. The van der Waals surface area contributed by atoms with Crippen molar-refractivity contribution < 1.29 is 27.2 Å². The maximum Gasteiger partial charge on any atom is 0.416 e. The molecule has 0 aliphatic heterocycles. The first-order valence-electron chi connectivity index (χ1n) is 10.7. The third-order valence-electron chi connectivity index (χ3n) is 6.21. The number of hydrogen-bond acceptors (Lipinski definition) is 2. The summed E-state index contributed by atoms with van der Waals surface area (Å²) in [7, 11) is 0. The summed E-state index contributed by atoms with van der Waals surface area (Å²) < 4.78 is 52.3. The Kier molecular flexibility index (Phi) is 7.36. The highest BCUT2D eigenvalue weighted by atomic mass is 19.4. The molecule has 4 nitrogen and oxygen atoms in total. The van der Waals surface area contributed by atoms with E-state index in [4.69, 9.17) is 0 Å². The highest BCUT2D eigenvalue weighted by molar-refractivity contribution is 5.92. The minimum Gasteiger partial charge on any atom is -0.353 e. The summed E-state index contributed by atoms with van der Waals surface area (Å²) in [6, 6.07) is 1.98. The van der Waals surface area contributed by atoms with Crippen LogP contribution in [0.25, 0.3) is 0 Å². The summed E-state index contributed by atoms with van der Waals surface area (Å²) in [5.41, 5.74) is -1.47. The monoisotopic (exact) mass is 428 g/mol. The Morgan fingerprint density at radius 1 is 0.967 bits per heavy atom. The lowest BCUT2D eigenvalue weighted by Gasteiger charge is -2.29. The van der Waals surface area contributed by atoms with Crippen molar-refractivity contribution in [1.29, 1.82) is 0 Å². The van der Waals surface area contributed by atoms with Gasteiger partial charge in [0.2, 0.25) is 11.8 Å². The largest absolute Gasteiger partial charge is 0.416 e. The van der Waals surface area contributed by atoms with Crippen LogP contribution in [-0.4, -0.2) is 17.9 Å². The second kappa shape index (κ2) is 9.79. The van der Waals surface area contributed by atoms with Gasteiger partial charge < -0.3 is 10.6 Å². The summed E-state index contributed by atoms with van der Waals surface area (Å²) in [5, 5.41) is 5.35. The quantitative estimate of drug-likeness (QED) is 0.615. The van der Waals surface area contributed by atoms with E-state index in [0.717, 1.165) is 12.8 Å². The van der Waals surface area contributed by atoms with E-state index in [-0.39, 0.29) is 11.9 Å². The van der Waals surface area contributed by atoms with Gasteiger partial charge in [-0.2, -0.15) is 13.2 Å². The fraction of sp³-hybridized carbons (Fsp3) is 0.636. The highest BCUT2D eigenvalue weighted by Gasteiger charge is 2.32. The number of carbonyl (C=O) groups is 2. The molecule has 0 atom stereocenters. The van der Waals surface area contributed by atoms with E-state index >= 15 is 0 Å². The number of amides is 2. The van der Waals surface area contributed by atoms with Crippen molar-refractivity contribution in [2.45, 2.75) is 76.4 Å². The summed E-state index contributed by atoms with van der Waals surface area (Å²) in [4.78, 5) is 24.7. The number of hydrogen-bond donors (Lipinski definition) is 2. The van der Waals surface area contributed by atoms with E-state index in [1.807, 2.05) is 0 Å². The van der Waals surface area contributed by atoms with Gasteiger partial charge in [-0.1, -0.05) is 19.3 Å². The molecule has 1 aromatic carbocycles. The van der Waals surface area contributed by atoms with Gasteiger partial charge in [-0.15, -0.1) is 0 Å². The Morgan fingerprint density at radius 3 is 2.27 bits per heavy atom. The number of anilines is 1. The van der Waals surface area contributed by atoms with E-state index in [0.29, 0.717) is 56.2 Å². The molecule has 2 N–H and O–H groups in total. The van der Waals surface area contributed by atoms with E-state index in [1.165, 1.54) is 19.3 Å². The molecule has 0 bridgehead atoms. The van der Waals surface area contributed by atoms with Crippen LogP contribution in [-0.2, 0) is 15.8 Å². The van der Waals surface area contributed by atoms with Crippen LogP contribution < -0.4 is 10.6 Å². The van der Waals surface area contributed by atoms with Gasteiger partial charge in [0.1, 0.15) is 5.82 Å². The number of alkyl halides is 3. The fourth-order valence-corrected chi connectivity index (χ4v) is 4.47. The topological polar surface area (TPSA) is 58.2 Å². The van der Waals surface area contributed by atoms with Crippen LogP contribution in [0.1, 0.15) is 69.8 Å². The smallest absolute Gasteiger partial charge is 0.353 e. The lowest BCUT2D eigenvalue weighted by atomic mass is 9.84. The number of benzene rings is 1. The number of carbonyl (C=O) groups excluding carboxylic acids is 2. The molecule has 2 fully saturated rings. The first-order valence-corrected chi connectivity index (χ1v) is 10.7. The van der Waals surface area contributed by atoms with E-state index < -0.39 is 35.1 Å². The molecule has 0 saturated heterocycles. The first kappa shape index (κ1) is 22.6. The van der Waals surface area contributed by atoms with Gasteiger partial charge in [0.25, 0.3) is 0 Å². The first-order chi connectivity index (χ1) is 14.2. The number of halogens is 4. The molecule has 0 aromatic heterocycles. The van der Waals surface area contributed by atoms with Crippen LogP contribution in [0.2, 0.25) is 0 Å². The van der Waals surface area contributed by atoms with Crippen molar-refractivity contribution in [3.05, 3.63) is 29.6 Å². The Labute approximate surface area is 173 Å². The third-order valence-corrected chi connectivity index (χ3v) is 6.21. The van der Waals surface area contributed by atoms with Crippen molar-refractivity contribution in [1.82, 2.24) is 5.32 Å². The van der Waals surface area contributed by atoms with Crippen LogP contribution in [0.5, 0.6) is 0 Å². The Bertz CT molecular complexity index is 752. The van der Waals surface area contributed by atoms with Crippen molar-refractivity contribution in [3.8, 4) is 0 Å². The molecule has 0 heterocycles. The molecule has 166 valence electrons. The molecule has 2 aliphatic carbocycles. The van der Waals surface area contributed by atoms with E-state index in [9.17, 15) is 27.2 Å². The van der Waals surface area contributed by atoms with Gasteiger partial charge in [0, 0.05) is 18.4 Å². The molecule has 2 amide bonds. The Morgan fingerprint density at radius 2 is 1.63 bits per heavy atom.